The molecular formula is C12H12ClN3O. The molecule has 0 aliphatic heterocycles. The minimum atomic E-state index is 0.511. The highest BCUT2D eigenvalue weighted by Gasteiger charge is 2.06. The SMILES string of the molecule is Cc1cc(NN)cnc1Oc1ccccc1Cl. The van der Waals surface area contributed by atoms with Gasteiger partial charge in [0.15, 0.2) is 0 Å². The van der Waals surface area contributed by atoms with Crippen molar-refractivity contribution < 1.29 is 4.74 Å². The van der Waals surface area contributed by atoms with Crippen molar-refractivity contribution in [2.45, 2.75) is 6.92 Å². The second-order valence-corrected chi connectivity index (χ2v) is 3.93. The maximum Gasteiger partial charge on any atom is 0.222 e. The van der Waals surface area contributed by atoms with Crippen molar-refractivity contribution in [1.82, 2.24) is 4.98 Å². The normalized spacial score (nSPS) is 10.1. The number of aromatic nitrogens is 1. The predicted molar refractivity (Wildman–Crippen MR) is 68.3 cm³/mol. The second kappa shape index (κ2) is 5.03. The maximum absolute atomic E-state index is 6.00. The van der Waals surface area contributed by atoms with E-state index in [1.165, 1.54) is 0 Å². The number of ether oxygens (including phenoxy) is 1. The van der Waals surface area contributed by atoms with Crippen LogP contribution in [0.15, 0.2) is 36.5 Å². The van der Waals surface area contributed by atoms with E-state index in [1.807, 2.05) is 25.1 Å². The highest BCUT2D eigenvalue weighted by Crippen LogP contribution is 2.29. The van der Waals surface area contributed by atoms with Crippen LogP contribution in [0.4, 0.5) is 5.69 Å². The Hall–Kier alpha value is -1.78. The molecule has 5 heteroatoms. The van der Waals surface area contributed by atoms with Gasteiger partial charge in [-0.1, -0.05) is 23.7 Å². The number of nitrogens with two attached hydrogens (primary N) is 1. The number of nitrogen functional groups attached to an aromatic ring is 1. The van der Waals surface area contributed by atoms with Gasteiger partial charge in [-0.15, -0.1) is 0 Å². The Morgan fingerprint density at radius 2 is 2.12 bits per heavy atom. The second-order valence-electron chi connectivity index (χ2n) is 3.52. The van der Waals surface area contributed by atoms with Crippen molar-refractivity contribution in [1.29, 1.82) is 0 Å². The third-order valence-corrected chi connectivity index (χ3v) is 2.55. The van der Waals surface area contributed by atoms with Crippen LogP contribution in [0.2, 0.25) is 5.02 Å². The summed E-state index contributed by atoms with van der Waals surface area (Å²) in [7, 11) is 0. The summed E-state index contributed by atoms with van der Waals surface area (Å²) in [6.07, 6.45) is 1.60. The third kappa shape index (κ3) is 2.67. The van der Waals surface area contributed by atoms with E-state index < -0.39 is 0 Å². The topological polar surface area (TPSA) is 60.2 Å². The Morgan fingerprint density at radius 1 is 1.35 bits per heavy atom. The molecule has 0 saturated carbocycles. The van der Waals surface area contributed by atoms with Crippen molar-refractivity contribution in [3.05, 3.63) is 47.1 Å². The van der Waals surface area contributed by atoms with Gasteiger partial charge in [0.2, 0.25) is 5.88 Å². The van der Waals surface area contributed by atoms with Gasteiger partial charge in [-0.25, -0.2) is 4.98 Å². The van der Waals surface area contributed by atoms with E-state index in [2.05, 4.69) is 10.4 Å². The fourth-order valence-corrected chi connectivity index (χ4v) is 1.55. The molecule has 2 rings (SSSR count). The van der Waals surface area contributed by atoms with E-state index in [0.717, 1.165) is 11.3 Å². The molecule has 0 fully saturated rings. The Morgan fingerprint density at radius 3 is 2.76 bits per heavy atom. The number of halogens is 1. The van der Waals surface area contributed by atoms with Gasteiger partial charge in [-0.05, 0) is 25.1 Å². The average Bonchev–Trinajstić information content (AvgIpc) is 2.34. The summed E-state index contributed by atoms with van der Waals surface area (Å²) in [5.74, 6) is 6.39. The van der Waals surface area contributed by atoms with Crippen LogP contribution >= 0.6 is 11.6 Å². The number of hydrogen-bond acceptors (Lipinski definition) is 4. The number of benzene rings is 1. The number of pyridine rings is 1. The van der Waals surface area contributed by atoms with E-state index >= 15 is 0 Å². The molecular weight excluding hydrogens is 238 g/mol. The highest BCUT2D eigenvalue weighted by atomic mass is 35.5. The van der Waals surface area contributed by atoms with Gasteiger partial charge < -0.3 is 10.2 Å². The van der Waals surface area contributed by atoms with E-state index in [1.54, 1.807) is 18.3 Å². The number of nitrogens with one attached hydrogen (secondary N) is 1. The van der Waals surface area contributed by atoms with Gasteiger partial charge in [-0.3, -0.25) is 5.84 Å². The van der Waals surface area contributed by atoms with Crippen molar-refractivity contribution >= 4 is 17.3 Å². The monoisotopic (exact) mass is 249 g/mol. The summed E-state index contributed by atoms with van der Waals surface area (Å²) in [5.41, 5.74) is 4.13. The standard InChI is InChI=1S/C12H12ClN3O/c1-8-6-9(16-14)7-15-12(8)17-11-5-3-2-4-10(11)13/h2-7,16H,14H2,1H3. The van der Waals surface area contributed by atoms with E-state index in [-0.39, 0.29) is 0 Å². The molecule has 0 aliphatic rings. The Labute approximate surface area is 104 Å². The summed E-state index contributed by atoms with van der Waals surface area (Å²) < 4.78 is 5.63. The van der Waals surface area contributed by atoms with E-state index in [0.29, 0.717) is 16.7 Å². The third-order valence-electron chi connectivity index (χ3n) is 2.24. The summed E-state index contributed by atoms with van der Waals surface area (Å²) in [6.45, 7) is 1.89. The summed E-state index contributed by atoms with van der Waals surface area (Å²) in [4.78, 5) is 4.16. The fraction of sp³-hybridized carbons (Fsp3) is 0.0833. The molecule has 0 saturated heterocycles. The summed E-state index contributed by atoms with van der Waals surface area (Å²) in [6, 6.07) is 9.10. The lowest BCUT2D eigenvalue weighted by Gasteiger charge is -2.09. The first-order valence-corrected chi connectivity index (χ1v) is 5.44. The van der Waals surface area contributed by atoms with E-state index in [9.17, 15) is 0 Å². The average molecular weight is 250 g/mol. The van der Waals surface area contributed by atoms with Crippen molar-refractivity contribution in [2.24, 2.45) is 5.84 Å². The van der Waals surface area contributed by atoms with Gasteiger partial charge in [0.05, 0.1) is 16.9 Å². The smallest absolute Gasteiger partial charge is 0.222 e. The van der Waals surface area contributed by atoms with E-state index in [4.69, 9.17) is 22.2 Å². The number of nitrogens with zero attached hydrogens (tertiary/aromatic N) is 1. The van der Waals surface area contributed by atoms with Gasteiger partial charge >= 0.3 is 0 Å². The molecule has 1 heterocycles. The first-order valence-electron chi connectivity index (χ1n) is 5.06. The molecule has 88 valence electrons. The lowest BCUT2D eigenvalue weighted by atomic mass is 10.3. The van der Waals surface area contributed by atoms with Crippen LogP contribution in [0.5, 0.6) is 11.6 Å². The lowest BCUT2D eigenvalue weighted by Crippen LogP contribution is -2.07. The van der Waals surface area contributed by atoms with Crippen LogP contribution in [0, 0.1) is 6.92 Å². The first kappa shape index (κ1) is 11.7. The molecule has 0 spiro atoms. The molecule has 0 unspecified atom stereocenters. The van der Waals surface area contributed by atoms with Crippen LogP contribution < -0.4 is 16.0 Å². The largest absolute Gasteiger partial charge is 0.437 e. The van der Waals surface area contributed by atoms with Crippen LogP contribution in [0.3, 0.4) is 0 Å². The van der Waals surface area contributed by atoms with Crippen molar-refractivity contribution in [3.8, 4) is 11.6 Å². The van der Waals surface area contributed by atoms with Gasteiger partial charge in [0, 0.05) is 5.56 Å². The number of para-hydroxylation sites is 1. The van der Waals surface area contributed by atoms with Crippen LogP contribution in [0.1, 0.15) is 5.56 Å². The van der Waals surface area contributed by atoms with Gasteiger partial charge in [-0.2, -0.15) is 0 Å². The molecule has 4 nitrogen and oxygen atoms in total. The molecule has 0 amide bonds. The summed E-state index contributed by atoms with van der Waals surface area (Å²) >= 11 is 6.00. The zero-order chi connectivity index (χ0) is 12.3. The number of aryl methyl sites for hydroxylation is 1. The molecule has 0 bridgehead atoms. The molecule has 0 radical (unpaired) electrons. The molecule has 1 aromatic heterocycles. The fourth-order valence-electron chi connectivity index (χ4n) is 1.38. The Balaban J connectivity index is 2.28. The molecule has 3 N–H and O–H groups in total. The Kier molecular flexibility index (Phi) is 3.46. The number of hydrogen-bond donors (Lipinski definition) is 2. The lowest BCUT2D eigenvalue weighted by molar-refractivity contribution is 0.459. The van der Waals surface area contributed by atoms with Crippen LogP contribution in [-0.2, 0) is 0 Å². The quantitative estimate of drug-likeness (QED) is 0.648. The zero-order valence-corrected chi connectivity index (χ0v) is 10.0. The maximum atomic E-state index is 6.00. The molecule has 1 aromatic carbocycles. The molecule has 0 atom stereocenters. The number of hydrazine groups is 1. The first-order chi connectivity index (χ1) is 8.20. The van der Waals surface area contributed by atoms with Crippen molar-refractivity contribution in [2.75, 3.05) is 5.43 Å². The molecule has 0 aliphatic carbocycles. The molecule has 2 aromatic rings. The minimum absolute atomic E-state index is 0.511. The van der Waals surface area contributed by atoms with Crippen LogP contribution in [0.25, 0.3) is 0 Å². The zero-order valence-electron chi connectivity index (χ0n) is 9.27. The summed E-state index contributed by atoms with van der Waals surface area (Å²) in [5, 5.41) is 0.551. The van der Waals surface area contributed by atoms with Gasteiger partial charge in [0.1, 0.15) is 5.75 Å². The van der Waals surface area contributed by atoms with Crippen LogP contribution in [-0.4, -0.2) is 4.98 Å². The number of rotatable bonds is 3. The van der Waals surface area contributed by atoms with Gasteiger partial charge in [0.25, 0.3) is 0 Å². The van der Waals surface area contributed by atoms with Crippen molar-refractivity contribution in [3.63, 3.8) is 0 Å². The highest BCUT2D eigenvalue weighted by molar-refractivity contribution is 6.32. The number of anilines is 1. The minimum Gasteiger partial charge on any atom is -0.437 e. The molecule has 17 heavy (non-hydrogen) atoms. The predicted octanol–water partition coefficient (Wildman–Crippen LogP) is 3.12. The Bertz CT molecular complexity index is 531.